The van der Waals surface area contributed by atoms with Gasteiger partial charge >= 0.3 is 5.97 Å². The Labute approximate surface area is 45.1 Å². The maximum atomic E-state index is 11.6. The molecule has 0 aliphatic rings. The molecule has 0 fully saturated rings. The van der Waals surface area contributed by atoms with E-state index >= 15 is 0 Å². The lowest BCUT2D eigenvalue weighted by Crippen LogP contribution is -2.14. The van der Waals surface area contributed by atoms with Crippen molar-refractivity contribution in [3.05, 3.63) is 0 Å². The Morgan fingerprint density at radius 3 is 2.00 bits per heavy atom. The zero-order valence-corrected chi connectivity index (χ0v) is 4.28. The van der Waals surface area contributed by atoms with Crippen LogP contribution in [0.15, 0.2) is 0 Å². The molecule has 0 aromatic heterocycles. The standard InChI is InChI=1S/C4H5F2O2/c1-4(5,6)2-3(7)8/h2H2,1H3. The highest BCUT2D eigenvalue weighted by atomic mass is 19.3. The van der Waals surface area contributed by atoms with Gasteiger partial charge in [0.1, 0.15) is 6.42 Å². The number of hydrogen-bond acceptors (Lipinski definition) is 1. The molecule has 0 saturated carbocycles. The number of alkyl halides is 2. The van der Waals surface area contributed by atoms with Crippen molar-refractivity contribution in [3.8, 4) is 0 Å². The fourth-order valence-electron chi connectivity index (χ4n) is 0.253. The van der Waals surface area contributed by atoms with E-state index in [0.29, 0.717) is 6.92 Å². The minimum absolute atomic E-state index is 0.531. The number of carbonyl (C=O) groups is 1. The Morgan fingerprint density at radius 1 is 1.62 bits per heavy atom. The summed E-state index contributed by atoms with van der Waals surface area (Å²) in [6, 6.07) is 0. The lowest BCUT2D eigenvalue weighted by Gasteiger charge is -2.02. The predicted octanol–water partition coefficient (Wildman–Crippen LogP) is 0.989. The lowest BCUT2D eigenvalue weighted by atomic mass is 10.3. The summed E-state index contributed by atoms with van der Waals surface area (Å²) in [5.41, 5.74) is 0. The van der Waals surface area contributed by atoms with Crippen LogP contribution in [-0.4, -0.2) is 11.9 Å². The van der Waals surface area contributed by atoms with Gasteiger partial charge in [0.25, 0.3) is 5.92 Å². The molecule has 0 aromatic rings. The van der Waals surface area contributed by atoms with E-state index in [4.69, 9.17) is 0 Å². The molecule has 47 valence electrons. The largest absolute Gasteiger partial charge is 0.361 e. The van der Waals surface area contributed by atoms with Crippen molar-refractivity contribution in [1.29, 1.82) is 0 Å². The molecule has 0 spiro atoms. The third-order valence-electron chi connectivity index (χ3n) is 0.455. The summed E-state index contributed by atoms with van der Waals surface area (Å²) in [5, 5.41) is 9.42. The molecular weight excluding hydrogens is 118 g/mol. The molecule has 2 nitrogen and oxygen atoms in total. The Morgan fingerprint density at radius 2 is 2.00 bits per heavy atom. The van der Waals surface area contributed by atoms with Crippen LogP contribution in [0.25, 0.3) is 0 Å². The topological polar surface area (TPSA) is 37.0 Å². The fourth-order valence-corrected chi connectivity index (χ4v) is 0.253. The van der Waals surface area contributed by atoms with Crippen LogP contribution >= 0.6 is 0 Å². The van der Waals surface area contributed by atoms with Crippen LogP contribution in [0, 0.1) is 0 Å². The Hall–Kier alpha value is -0.670. The van der Waals surface area contributed by atoms with Gasteiger partial charge in [-0.2, -0.15) is 0 Å². The number of rotatable bonds is 2. The highest BCUT2D eigenvalue weighted by Gasteiger charge is 2.25. The molecule has 0 aliphatic heterocycles. The summed E-state index contributed by atoms with van der Waals surface area (Å²) in [6.45, 7) is 0.531. The van der Waals surface area contributed by atoms with E-state index in [1.165, 1.54) is 0 Å². The second kappa shape index (κ2) is 2.07. The van der Waals surface area contributed by atoms with Crippen LogP contribution in [0.3, 0.4) is 0 Å². The van der Waals surface area contributed by atoms with Gasteiger partial charge < -0.3 is 0 Å². The molecule has 0 heterocycles. The Balaban J connectivity index is 3.55. The third-order valence-corrected chi connectivity index (χ3v) is 0.455. The Bertz CT molecular complexity index is 94.7. The molecule has 8 heavy (non-hydrogen) atoms. The van der Waals surface area contributed by atoms with Crippen molar-refractivity contribution in [1.82, 2.24) is 0 Å². The van der Waals surface area contributed by atoms with Gasteiger partial charge in [-0.15, -0.1) is 0 Å². The van der Waals surface area contributed by atoms with Gasteiger partial charge in [0.15, 0.2) is 0 Å². The lowest BCUT2D eigenvalue weighted by molar-refractivity contribution is -0.149. The van der Waals surface area contributed by atoms with Gasteiger partial charge in [0.05, 0.1) is 0 Å². The molecule has 0 aromatic carbocycles. The van der Waals surface area contributed by atoms with Crippen molar-refractivity contribution < 1.29 is 18.7 Å². The minimum atomic E-state index is -3.14. The first kappa shape index (κ1) is 7.33. The summed E-state index contributed by atoms with van der Waals surface area (Å²) in [4.78, 5) is 9.42. The van der Waals surface area contributed by atoms with E-state index in [1.807, 2.05) is 0 Å². The van der Waals surface area contributed by atoms with E-state index < -0.39 is 18.3 Å². The normalized spacial score (nSPS) is 11.4. The van der Waals surface area contributed by atoms with E-state index in [-0.39, 0.29) is 0 Å². The monoisotopic (exact) mass is 123 g/mol. The van der Waals surface area contributed by atoms with E-state index in [9.17, 15) is 18.7 Å². The first-order chi connectivity index (χ1) is 3.42. The smallest absolute Gasteiger partial charge is 0.247 e. The molecule has 0 atom stereocenters. The van der Waals surface area contributed by atoms with Crippen LogP contribution in [0.5, 0.6) is 0 Å². The quantitative estimate of drug-likeness (QED) is 0.539. The third kappa shape index (κ3) is 5.33. The SMILES string of the molecule is CC(F)(F)CC([O])=O. The first-order valence-electron chi connectivity index (χ1n) is 1.99. The number of halogens is 2. The molecule has 0 unspecified atom stereocenters. The molecule has 0 N–H and O–H groups in total. The number of hydrogen-bond donors (Lipinski definition) is 0. The van der Waals surface area contributed by atoms with E-state index in [0.717, 1.165) is 0 Å². The molecule has 0 aliphatic carbocycles. The predicted molar refractivity (Wildman–Crippen MR) is 20.9 cm³/mol. The molecule has 0 rings (SSSR count). The van der Waals surface area contributed by atoms with Crippen molar-refractivity contribution in [2.75, 3.05) is 0 Å². The molecule has 1 radical (unpaired) electrons. The average Bonchev–Trinajstić information content (AvgIpc) is 1.21. The molecule has 4 heteroatoms. The maximum absolute atomic E-state index is 11.6. The summed E-state index contributed by atoms with van der Waals surface area (Å²) in [6.07, 6.45) is -1.20. The van der Waals surface area contributed by atoms with Gasteiger partial charge in [-0.05, 0) is 6.92 Å². The van der Waals surface area contributed by atoms with Gasteiger partial charge in [-0.1, -0.05) is 0 Å². The molecule has 0 amide bonds. The van der Waals surface area contributed by atoms with Crippen LogP contribution in [0.2, 0.25) is 0 Å². The van der Waals surface area contributed by atoms with Crippen LogP contribution in [0.1, 0.15) is 13.3 Å². The van der Waals surface area contributed by atoms with Gasteiger partial charge in [0, 0.05) is 0 Å². The summed E-state index contributed by atoms with van der Waals surface area (Å²) in [5.74, 6) is -4.86. The van der Waals surface area contributed by atoms with E-state index in [1.54, 1.807) is 0 Å². The second-order valence-corrected chi connectivity index (χ2v) is 1.62. The minimum Gasteiger partial charge on any atom is -0.247 e. The zero-order chi connectivity index (χ0) is 6.78. The molecule has 0 saturated heterocycles. The van der Waals surface area contributed by atoms with Crippen molar-refractivity contribution >= 4 is 5.97 Å². The van der Waals surface area contributed by atoms with Gasteiger partial charge in [0.2, 0.25) is 0 Å². The van der Waals surface area contributed by atoms with Crippen molar-refractivity contribution in [2.45, 2.75) is 19.3 Å². The second-order valence-electron chi connectivity index (χ2n) is 1.62. The fraction of sp³-hybridized carbons (Fsp3) is 0.750. The first-order valence-corrected chi connectivity index (χ1v) is 1.99. The summed E-state index contributed by atoms with van der Waals surface area (Å²) >= 11 is 0. The molecular formula is C4H5F2O2. The van der Waals surface area contributed by atoms with Crippen LogP contribution < -0.4 is 0 Å². The van der Waals surface area contributed by atoms with Gasteiger partial charge in [-0.3, -0.25) is 0 Å². The Kier molecular flexibility index (Phi) is 1.89. The van der Waals surface area contributed by atoms with Crippen LogP contribution in [0.4, 0.5) is 8.78 Å². The van der Waals surface area contributed by atoms with Gasteiger partial charge in [-0.25, -0.2) is 18.7 Å². The molecule has 0 bridgehead atoms. The van der Waals surface area contributed by atoms with Crippen LogP contribution in [-0.2, 0) is 9.90 Å². The van der Waals surface area contributed by atoms with E-state index in [2.05, 4.69) is 0 Å². The highest BCUT2D eigenvalue weighted by Crippen LogP contribution is 2.15. The van der Waals surface area contributed by atoms with Crippen molar-refractivity contribution in [3.63, 3.8) is 0 Å². The van der Waals surface area contributed by atoms with Crippen molar-refractivity contribution in [2.24, 2.45) is 0 Å². The number of carbonyl (C=O) groups excluding carboxylic acids is 1. The highest BCUT2D eigenvalue weighted by molar-refractivity contribution is 5.67. The summed E-state index contributed by atoms with van der Waals surface area (Å²) in [7, 11) is 0. The maximum Gasteiger partial charge on any atom is 0.361 e. The summed E-state index contributed by atoms with van der Waals surface area (Å²) < 4.78 is 23.1. The average molecular weight is 123 g/mol. The zero-order valence-electron chi connectivity index (χ0n) is 4.28.